The highest BCUT2D eigenvalue weighted by molar-refractivity contribution is 4.71. The molecule has 0 aliphatic carbocycles. The summed E-state index contributed by atoms with van der Waals surface area (Å²) >= 11 is 0. The van der Waals surface area contributed by atoms with Crippen LogP contribution in [-0.4, -0.2) is 24.0 Å². The summed E-state index contributed by atoms with van der Waals surface area (Å²) in [5.41, 5.74) is 0. The highest BCUT2D eigenvalue weighted by atomic mass is 15.1. The Morgan fingerprint density at radius 1 is 0.700 bits per heavy atom. The zero-order valence-electron chi connectivity index (χ0n) is 15.3. The molecule has 0 saturated carbocycles. The van der Waals surface area contributed by atoms with E-state index in [1.807, 2.05) is 0 Å². The van der Waals surface area contributed by atoms with Crippen molar-refractivity contribution >= 4 is 0 Å². The molecule has 0 spiro atoms. The number of nitrogens with zero attached hydrogens (tertiary/aromatic N) is 1. The van der Waals surface area contributed by atoms with Crippen LogP contribution in [0.4, 0.5) is 0 Å². The van der Waals surface area contributed by atoms with Gasteiger partial charge in [-0.25, -0.2) is 0 Å². The molecule has 1 heteroatoms. The van der Waals surface area contributed by atoms with Crippen LogP contribution in [0.2, 0.25) is 0 Å². The molecule has 0 aromatic heterocycles. The first kappa shape index (κ1) is 20.0. The van der Waals surface area contributed by atoms with Crippen LogP contribution in [0.25, 0.3) is 0 Å². The standard InChI is InChI=1S/C19H41N/c1-7-14-19(20(6)18(4)5)16-13-11-9-8-10-12-15-17(2)3/h17-19H,7-16H2,1-6H3. The minimum absolute atomic E-state index is 0.683. The van der Waals surface area contributed by atoms with Crippen LogP contribution in [0, 0.1) is 5.92 Å². The summed E-state index contributed by atoms with van der Waals surface area (Å²) in [4.78, 5) is 2.58. The maximum absolute atomic E-state index is 2.58. The Labute approximate surface area is 129 Å². The largest absolute Gasteiger partial charge is 0.301 e. The van der Waals surface area contributed by atoms with E-state index in [9.17, 15) is 0 Å². The lowest BCUT2D eigenvalue weighted by Gasteiger charge is -2.31. The summed E-state index contributed by atoms with van der Waals surface area (Å²) < 4.78 is 0. The zero-order valence-corrected chi connectivity index (χ0v) is 15.3. The summed E-state index contributed by atoms with van der Waals surface area (Å²) in [5.74, 6) is 0.886. The van der Waals surface area contributed by atoms with Gasteiger partial charge in [-0.3, -0.25) is 0 Å². The van der Waals surface area contributed by atoms with Gasteiger partial charge in [-0.2, -0.15) is 0 Å². The second kappa shape index (κ2) is 12.7. The summed E-state index contributed by atoms with van der Waals surface area (Å²) in [5, 5.41) is 0. The number of rotatable bonds is 13. The maximum atomic E-state index is 2.58. The van der Waals surface area contributed by atoms with Crippen molar-refractivity contribution in [3.05, 3.63) is 0 Å². The Bertz CT molecular complexity index is 198. The van der Waals surface area contributed by atoms with Crippen LogP contribution in [0.1, 0.15) is 98.8 Å². The molecule has 0 bridgehead atoms. The predicted octanol–water partition coefficient (Wildman–Crippen LogP) is 6.27. The van der Waals surface area contributed by atoms with Crippen LogP contribution in [0.15, 0.2) is 0 Å². The average Bonchev–Trinajstić information content (AvgIpc) is 2.39. The fourth-order valence-corrected chi connectivity index (χ4v) is 2.95. The van der Waals surface area contributed by atoms with Gasteiger partial charge in [0.1, 0.15) is 0 Å². The summed E-state index contributed by atoms with van der Waals surface area (Å²) in [6.45, 7) is 11.6. The molecule has 0 aliphatic heterocycles. The molecule has 0 aliphatic rings. The molecule has 0 amide bonds. The molecule has 0 heterocycles. The summed E-state index contributed by atoms with van der Waals surface area (Å²) in [6.07, 6.45) is 14.1. The van der Waals surface area contributed by atoms with Crippen LogP contribution < -0.4 is 0 Å². The van der Waals surface area contributed by atoms with E-state index in [0.29, 0.717) is 6.04 Å². The zero-order chi connectivity index (χ0) is 15.4. The first-order valence-electron chi connectivity index (χ1n) is 9.20. The molecule has 0 N–H and O–H groups in total. The Hall–Kier alpha value is -0.0400. The molecule has 0 aromatic rings. The first-order chi connectivity index (χ1) is 9.49. The van der Waals surface area contributed by atoms with E-state index in [4.69, 9.17) is 0 Å². The molecule has 122 valence electrons. The molecule has 1 unspecified atom stereocenters. The molecular weight excluding hydrogens is 242 g/mol. The van der Waals surface area contributed by atoms with Crippen molar-refractivity contribution < 1.29 is 0 Å². The van der Waals surface area contributed by atoms with E-state index in [1.165, 1.54) is 64.2 Å². The smallest absolute Gasteiger partial charge is 0.00948 e. The first-order valence-corrected chi connectivity index (χ1v) is 9.20. The minimum Gasteiger partial charge on any atom is -0.301 e. The maximum Gasteiger partial charge on any atom is 0.00948 e. The molecule has 20 heavy (non-hydrogen) atoms. The van der Waals surface area contributed by atoms with Crippen molar-refractivity contribution in [3.63, 3.8) is 0 Å². The Balaban J connectivity index is 3.59. The van der Waals surface area contributed by atoms with Crippen molar-refractivity contribution in [3.8, 4) is 0 Å². The number of hydrogen-bond donors (Lipinski definition) is 0. The van der Waals surface area contributed by atoms with Gasteiger partial charge in [-0.1, -0.05) is 72.1 Å². The number of hydrogen-bond acceptors (Lipinski definition) is 1. The van der Waals surface area contributed by atoms with Crippen molar-refractivity contribution in [2.24, 2.45) is 5.92 Å². The fourth-order valence-electron chi connectivity index (χ4n) is 2.95. The SMILES string of the molecule is CCCC(CCCCCCCCC(C)C)N(C)C(C)C. The molecule has 0 saturated heterocycles. The van der Waals surface area contributed by atoms with E-state index in [1.54, 1.807) is 0 Å². The molecule has 1 nitrogen and oxygen atoms in total. The van der Waals surface area contributed by atoms with Crippen LogP contribution in [-0.2, 0) is 0 Å². The third kappa shape index (κ3) is 10.7. The minimum atomic E-state index is 0.683. The van der Waals surface area contributed by atoms with Crippen LogP contribution >= 0.6 is 0 Å². The Morgan fingerprint density at radius 3 is 1.65 bits per heavy atom. The van der Waals surface area contributed by atoms with Gasteiger partial charge in [-0.15, -0.1) is 0 Å². The summed E-state index contributed by atoms with van der Waals surface area (Å²) in [6, 6.07) is 1.49. The van der Waals surface area contributed by atoms with Gasteiger partial charge in [0.25, 0.3) is 0 Å². The predicted molar refractivity (Wildman–Crippen MR) is 93.4 cm³/mol. The lowest BCUT2D eigenvalue weighted by molar-refractivity contribution is 0.172. The highest BCUT2D eigenvalue weighted by Gasteiger charge is 2.15. The Kier molecular flexibility index (Phi) is 12.7. The van der Waals surface area contributed by atoms with Crippen molar-refractivity contribution in [1.29, 1.82) is 0 Å². The second-order valence-corrected chi connectivity index (χ2v) is 7.29. The van der Waals surface area contributed by atoms with Crippen LogP contribution in [0.3, 0.4) is 0 Å². The fraction of sp³-hybridized carbons (Fsp3) is 1.00. The van der Waals surface area contributed by atoms with E-state index in [2.05, 4.69) is 46.6 Å². The van der Waals surface area contributed by atoms with Gasteiger partial charge in [0, 0.05) is 12.1 Å². The van der Waals surface area contributed by atoms with E-state index in [0.717, 1.165) is 12.0 Å². The molecular formula is C19H41N. The third-order valence-electron chi connectivity index (χ3n) is 4.58. The molecule has 0 radical (unpaired) electrons. The lowest BCUT2D eigenvalue weighted by Crippen LogP contribution is -2.36. The normalized spacial score (nSPS) is 13.7. The van der Waals surface area contributed by atoms with E-state index >= 15 is 0 Å². The Morgan fingerprint density at radius 2 is 1.20 bits per heavy atom. The third-order valence-corrected chi connectivity index (χ3v) is 4.58. The molecule has 0 rings (SSSR count). The molecule has 0 fully saturated rings. The molecule has 1 atom stereocenters. The van der Waals surface area contributed by atoms with Crippen molar-refractivity contribution in [1.82, 2.24) is 4.90 Å². The average molecular weight is 284 g/mol. The van der Waals surface area contributed by atoms with Gasteiger partial charge in [0.05, 0.1) is 0 Å². The van der Waals surface area contributed by atoms with E-state index < -0.39 is 0 Å². The topological polar surface area (TPSA) is 3.24 Å². The van der Waals surface area contributed by atoms with Gasteiger partial charge >= 0.3 is 0 Å². The monoisotopic (exact) mass is 283 g/mol. The highest BCUT2D eigenvalue weighted by Crippen LogP contribution is 2.17. The lowest BCUT2D eigenvalue weighted by atomic mass is 9.99. The van der Waals surface area contributed by atoms with Crippen molar-refractivity contribution in [2.75, 3.05) is 7.05 Å². The quantitative estimate of drug-likeness (QED) is 0.360. The van der Waals surface area contributed by atoms with Gasteiger partial charge in [0.15, 0.2) is 0 Å². The van der Waals surface area contributed by atoms with Crippen molar-refractivity contribution in [2.45, 2.75) is 111 Å². The van der Waals surface area contributed by atoms with Crippen LogP contribution in [0.5, 0.6) is 0 Å². The van der Waals surface area contributed by atoms with Gasteiger partial charge in [0.2, 0.25) is 0 Å². The number of unbranched alkanes of at least 4 members (excludes halogenated alkanes) is 5. The van der Waals surface area contributed by atoms with E-state index in [-0.39, 0.29) is 0 Å². The second-order valence-electron chi connectivity index (χ2n) is 7.29. The summed E-state index contributed by atoms with van der Waals surface area (Å²) in [7, 11) is 2.30. The molecule has 0 aromatic carbocycles. The van der Waals surface area contributed by atoms with Gasteiger partial charge in [-0.05, 0) is 39.7 Å². The van der Waals surface area contributed by atoms with Gasteiger partial charge < -0.3 is 4.90 Å².